The first-order valence-corrected chi connectivity index (χ1v) is 5.54. The second kappa shape index (κ2) is 4.06. The molecule has 1 aromatic rings. The number of hydrogen-bond donors (Lipinski definition) is 1. The number of amidine groups is 1. The lowest BCUT2D eigenvalue weighted by atomic mass is 10.0. The second-order valence-corrected chi connectivity index (χ2v) is 4.04. The Morgan fingerprint density at radius 3 is 2.67 bits per heavy atom. The minimum absolute atomic E-state index is 0.0879. The number of carbonyl (C=O) groups excluding carboxylic acids is 2. The Morgan fingerprint density at radius 1 is 1.22 bits per heavy atom. The van der Waals surface area contributed by atoms with Crippen LogP contribution in [0.4, 0.5) is 0 Å². The highest BCUT2D eigenvalue weighted by Crippen LogP contribution is 2.23. The number of nitrogens with one attached hydrogen (secondary N) is 1. The van der Waals surface area contributed by atoms with Crippen molar-refractivity contribution >= 4 is 23.9 Å². The van der Waals surface area contributed by atoms with Gasteiger partial charge in [-0.1, -0.05) is 30.3 Å². The van der Waals surface area contributed by atoms with Gasteiger partial charge in [0.15, 0.2) is 5.84 Å². The summed E-state index contributed by atoms with van der Waals surface area (Å²) >= 11 is 0. The van der Waals surface area contributed by atoms with E-state index in [9.17, 15) is 9.59 Å². The van der Waals surface area contributed by atoms with Crippen LogP contribution in [0, 0.1) is 0 Å². The fourth-order valence-electron chi connectivity index (χ4n) is 1.94. The van der Waals surface area contributed by atoms with Gasteiger partial charge in [-0.15, -0.1) is 0 Å². The smallest absolute Gasteiger partial charge is 0.261 e. The summed E-state index contributed by atoms with van der Waals surface area (Å²) in [5.41, 5.74) is 3.18. The molecule has 0 radical (unpaired) electrons. The zero-order valence-corrected chi connectivity index (χ0v) is 9.41. The predicted octanol–water partition coefficient (Wildman–Crippen LogP) is 0.432. The molecule has 0 aromatic heterocycles. The van der Waals surface area contributed by atoms with Gasteiger partial charge in [0.1, 0.15) is 5.92 Å². The molecule has 0 spiro atoms. The van der Waals surface area contributed by atoms with E-state index in [0.29, 0.717) is 5.84 Å². The molecule has 2 heterocycles. The molecule has 1 atom stereocenters. The van der Waals surface area contributed by atoms with Gasteiger partial charge in [0.25, 0.3) is 5.91 Å². The number of hydrazone groups is 2. The number of carbonyl (C=O) groups is 2. The number of hydrogen-bond acceptors (Lipinski definition) is 4. The lowest BCUT2D eigenvalue weighted by Crippen LogP contribution is -2.30. The number of rotatable bonds is 1. The van der Waals surface area contributed by atoms with Gasteiger partial charge in [0, 0.05) is 6.21 Å². The van der Waals surface area contributed by atoms with Gasteiger partial charge < -0.3 is 0 Å². The van der Waals surface area contributed by atoms with E-state index in [-0.39, 0.29) is 18.2 Å². The van der Waals surface area contributed by atoms with Crippen LogP contribution in [-0.2, 0) is 9.59 Å². The molecule has 0 saturated heterocycles. The molecule has 0 fully saturated rings. The van der Waals surface area contributed by atoms with Gasteiger partial charge in [0.2, 0.25) is 5.91 Å². The molecule has 1 N–H and O–H groups in total. The van der Waals surface area contributed by atoms with E-state index in [1.165, 1.54) is 5.01 Å². The molecule has 6 nitrogen and oxygen atoms in total. The van der Waals surface area contributed by atoms with Crippen LogP contribution in [0.2, 0.25) is 0 Å². The van der Waals surface area contributed by atoms with Crippen LogP contribution >= 0.6 is 0 Å². The summed E-state index contributed by atoms with van der Waals surface area (Å²) in [6.45, 7) is 0. The number of amides is 2. The third-order valence-corrected chi connectivity index (χ3v) is 2.84. The van der Waals surface area contributed by atoms with E-state index in [1.54, 1.807) is 6.21 Å². The molecule has 2 aliphatic rings. The lowest BCUT2D eigenvalue weighted by Gasteiger charge is -2.12. The molecule has 2 amide bonds. The highest BCUT2D eigenvalue weighted by Gasteiger charge is 2.35. The fraction of sp³-hybridized carbons (Fsp3) is 0.167. The molecule has 1 unspecified atom stereocenters. The van der Waals surface area contributed by atoms with Crippen molar-refractivity contribution in [1.82, 2.24) is 10.4 Å². The standard InChI is InChI=1S/C12H10N4O2/c17-11-6-10(14-15-11)16-12(18)9(7-13-16)8-4-2-1-3-5-8/h1-5,7,9H,6H2,(H,15,17). The first-order valence-electron chi connectivity index (χ1n) is 5.54. The summed E-state index contributed by atoms with van der Waals surface area (Å²) in [5, 5.41) is 9.00. The van der Waals surface area contributed by atoms with Crippen LogP contribution in [0.25, 0.3) is 0 Å². The Labute approximate surface area is 103 Å². The monoisotopic (exact) mass is 242 g/mol. The van der Waals surface area contributed by atoms with Crippen molar-refractivity contribution in [2.45, 2.75) is 12.3 Å². The van der Waals surface area contributed by atoms with Crippen molar-refractivity contribution in [3.8, 4) is 0 Å². The molecular weight excluding hydrogens is 232 g/mol. The zero-order valence-electron chi connectivity index (χ0n) is 9.41. The Morgan fingerprint density at radius 2 is 2.00 bits per heavy atom. The molecule has 0 aliphatic carbocycles. The van der Waals surface area contributed by atoms with Crippen LogP contribution in [0.5, 0.6) is 0 Å². The van der Waals surface area contributed by atoms with Crippen molar-refractivity contribution in [1.29, 1.82) is 0 Å². The van der Waals surface area contributed by atoms with Crippen LogP contribution in [0.15, 0.2) is 40.5 Å². The quantitative estimate of drug-likeness (QED) is 0.775. The minimum Gasteiger partial charge on any atom is -0.273 e. The van der Waals surface area contributed by atoms with Gasteiger partial charge in [-0.05, 0) is 5.56 Å². The van der Waals surface area contributed by atoms with Crippen molar-refractivity contribution in [3.05, 3.63) is 35.9 Å². The molecule has 90 valence electrons. The molecule has 18 heavy (non-hydrogen) atoms. The third kappa shape index (κ3) is 1.67. The predicted molar refractivity (Wildman–Crippen MR) is 64.7 cm³/mol. The molecule has 3 rings (SSSR count). The maximum atomic E-state index is 12.2. The van der Waals surface area contributed by atoms with Crippen molar-refractivity contribution in [2.24, 2.45) is 10.2 Å². The SMILES string of the molecule is O=C1CC(N2N=CC(c3ccccc3)C2=O)=NN1. The Balaban J connectivity index is 1.82. The zero-order chi connectivity index (χ0) is 12.5. The highest BCUT2D eigenvalue weighted by molar-refractivity contribution is 6.15. The van der Waals surface area contributed by atoms with Gasteiger partial charge in [-0.3, -0.25) is 9.59 Å². The highest BCUT2D eigenvalue weighted by atomic mass is 16.2. The van der Waals surface area contributed by atoms with E-state index in [0.717, 1.165) is 5.56 Å². The maximum absolute atomic E-state index is 12.2. The first kappa shape index (κ1) is 10.6. The fourth-order valence-corrected chi connectivity index (χ4v) is 1.94. The summed E-state index contributed by atoms with van der Waals surface area (Å²) in [5.74, 6) is -0.461. The van der Waals surface area contributed by atoms with Gasteiger partial charge in [0.05, 0.1) is 6.42 Å². The molecule has 6 heteroatoms. The lowest BCUT2D eigenvalue weighted by molar-refractivity contribution is -0.126. The summed E-state index contributed by atoms with van der Waals surface area (Å²) in [6.07, 6.45) is 1.66. The Bertz CT molecular complexity index is 565. The van der Waals surface area contributed by atoms with E-state index < -0.39 is 5.92 Å². The molecule has 1 aromatic carbocycles. The molecule has 0 saturated carbocycles. The number of nitrogens with zero attached hydrogens (tertiary/aromatic N) is 3. The van der Waals surface area contributed by atoms with Gasteiger partial charge in [-0.2, -0.15) is 15.2 Å². The second-order valence-electron chi connectivity index (χ2n) is 4.04. The van der Waals surface area contributed by atoms with E-state index >= 15 is 0 Å². The first-order chi connectivity index (χ1) is 8.75. The number of benzene rings is 1. The average molecular weight is 242 g/mol. The summed E-state index contributed by atoms with van der Waals surface area (Å²) in [7, 11) is 0. The summed E-state index contributed by atoms with van der Waals surface area (Å²) in [4.78, 5) is 23.2. The van der Waals surface area contributed by atoms with Crippen molar-refractivity contribution < 1.29 is 9.59 Å². The average Bonchev–Trinajstić information content (AvgIpc) is 2.97. The Kier molecular flexibility index (Phi) is 2.40. The maximum Gasteiger partial charge on any atom is 0.261 e. The van der Waals surface area contributed by atoms with Crippen LogP contribution in [-0.4, -0.2) is 28.9 Å². The van der Waals surface area contributed by atoms with Crippen LogP contribution in [0.1, 0.15) is 17.9 Å². The summed E-state index contributed by atoms with van der Waals surface area (Å²) in [6, 6.07) is 9.38. The summed E-state index contributed by atoms with van der Waals surface area (Å²) < 4.78 is 0. The van der Waals surface area contributed by atoms with Gasteiger partial charge in [-0.25, -0.2) is 5.43 Å². The van der Waals surface area contributed by atoms with Crippen LogP contribution in [0.3, 0.4) is 0 Å². The largest absolute Gasteiger partial charge is 0.273 e. The molecule has 2 aliphatic heterocycles. The Hall–Kier alpha value is -2.50. The van der Waals surface area contributed by atoms with Gasteiger partial charge >= 0.3 is 0 Å². The molecule has 0 bridgehead atoms. The molecular formula is C12H10N4O2. The van der Waals surface area contributed by atoms with Crippen molar-refractivity contribution in [3.63, 3.8) is 0 Å². The minimum atomic E-state index is -0.399. The third-order valence-electron chi connectivity index (χ3n) is 2.84. The van der Waals surface area contributed by atoms with Crippen LogP contribution < -0.4 is 5.43 Å². The van der Waals surface area contributed by atoms with Crippen molar-refractivity contribution in [2.75, 3.05) is 0 Å². The van der Waals surface area contributed by atoms with E-state index in [2.05, 4.69) is 15.6 Å². The van der Waals surface area contributed by atoms with E-state index in [4.69, 9.17) is 0 Å². The van der Waals surface area contributed by atoms with E-state index in [1.807, 2.05) is 30.3 Å². The normalized spacial score (nSPS) is 22.3. The topological polar surface area (TPSA) is 74.1 Å².